The van der Waals surface area contributed by atoms with E-state index in [0.717, 1.165) is 57.8 Å². The Kier molecular flexibility index (Phi) is 7.42. The number of nitrogens with one attached hydrogen (secondary N) is 2. The van der Waals surface area contributed by atoms with E-state index in [-0.39, 0.29) is 5.91 Å². The Morgan fingerprint density at radius 1 is 1.11 bits per heavy atom. The molecule has 5 rings (SSSR count). The molecule has 1 saturated heterocycles. The highest BCUT2D eigenvalue weighted by atomic mass is 16.5. The van der Waals surface area contributed by atoms with Gasteiger partial charge in [-0.05, 0) is 67.4 Å². The monoisotopic (exact) mass is 470 g/mol. The molecule has 35 heavy (non-hydrogen) atoms. The largest absolute Gasteiger partial charge is 0.481 e. The van der Waals surface area contributed by atoms with Crippen LogP contribution in [0.5, 0.6) is 5.88 Å². The van der Waals surface area contributed by atoms with Crippen LogP contribution in [0.15, 0.2) is 67.6 Å². The number of pyridine rings is 2. The number of anilines is 2. The Morgan fingerprint density at radius 2 is 1.91 bits per heavy atom. The van der Waals surface area contributed by atoms with Crippen LogP contribution in [-0.4, -0.2) is 48.1 Å². The summed E-state index contributed by atoms with van der Waals surface area (Å²) in [5.74, 6) is 0.333. The molecule has 0 spiro atoms. The topological polar surface area (TPSA) is 109 Å². The molecule has 0 radical (unpaired) electrons. The molecule has 1 aliphatic rings. The summed E-state index contributed by atoms with van der Waals surface area (Å²) in [7, 11) is 3.11. The van der Waals surface area contributed by atoms with Crippen LogP contribution in [0, 0.1) is 0 Å². The molecule has 4 N–H and O–H groups in total. The summed E-state index contributed by atoms with van der Waals surface area (Å²) in [4.78, 5) is 26.5. The lowest BCUT2D eigenvalue weighted by Gasteiger charge is -2.20. The molecular weight excluding hydrogens is 440 g/mol. The second kappa shape index (κ2) is 10.8. The minimum absolute atomic E-state index is 0.229. The highest BCUT2D eigenvalue weighted by Gasteiger charge is 2.16. The number of hydrogen-bond acceptors (Lipinski definition) is 6. The van der Waals surface area contributed by atoms with Crippen molar-refractivity contribution in [2.24, 2.45) is 5.73 Å². The number of ether oxygens (including phenoxy) is 1. The third-order valence-corrected chi connectivity index (χ3v) is 5.96. The zero-order valence-electron chi connectivity index (χ0n) is 20.0. The number of rotatable bonds is 6. The molecule has 8 nitrogen and oxygen atoms in total. The van der Waals surface area contributed by atoms with Crippen molar-refractivity contribution in [1.29, 1.82) is 0 Å². The van der Waals surface area contributed by atoms with Crippen molar-refractivity contribution in [3.05, 3.63) is 67.6 Å². The first-order chi connectivity index (χ1) is 17.1. The Morgan fingerprint density at radius 3 is 2.66 bits per heavy atom. The normalized spacial score (nSPS) is 12.7. The summed E-state index contributed by atoms with van der Waals surface area (Å²) in [5.41, 5.74) is 11.1. The van der Waals surface area contributed by atoms with Gasteiger partial charge in [-0.1, -0.05) is 6.58 Å². The van der Waals surface area contributed by atoms with Crippen molar-refractivity contribution >= 4 is 28.3 Å². The van der Waals surface area contributed by atoms with Gasteiger partial charge in [0.15, 0.2) is 0 Å². The maximum absolute atomic E-state index is 12.0. The molecule has 1 aromatic carbocycles. The minimum Gasteiger partial charge on any atom is -0.481 e. The Labute approximate surface area is 204 Å². The second-order valence-electron chi connectivity index (χ2n) is 8.07. The van der Waals surface area contributed by atoms with Gasteiger partial charge in [0.25, 0.3) is 0 Å². The number of aromatic nitrogens is 3. The highest BCUT2D eigenvalue weighted by molar-refractivity contribution is 6.00. The van der Waals surface area contributed by atoms with Gasteiger partial charge < -0.3 is 25.7 Å². The van der Waals surface area contributed by atoms with Crippen LogP contribution in [0.25, 0.3) is 33.3 Å². The minimum atomic E-state index is -0.229. The average molecular weight is 471 g/mol. The molecule has 0 atom stereocenters. The average Bonchev–Trinajstić information content (AvgIpc) is 3.60. The second-order valence-corrected chi connectivity index (χ2v) is 8.07. The number of methoxy groups -OCH3 is 1. The Bertz CT molecular complexity index is 1340. The molecule has 8 heteroatoms. The fourth-order valence-corrected chi connectivity index (χ4v) is 4.29. The summed E-state index contributed by atoms with van der Waals surface area (Å²) in [6.07, 6.45) is 9.18. The quantitative estimate of drug-likeness (QED) is 0.355. The summed E-state index contributed by atoms with van der Waals surface area (Å²) in [6.45, 7) is 5.60. The molecule has 1 aliphatic heterocycles. The molecule has 180 valence electrons. The number of carbonyl (C=O) groups excluding carboxylic acids is 1. The van der Waals surface area contributed by atoms with Gasteiger partial charge in [0.2, 0.25) is 11.8 Å². The SMILES string of the molecule is C=CC(=O)Nc1cc(-c2cnc3[nH]cc(-c4ccnc(OC)c4)c3c2)cc(N2CCCC2)c1.CN. The van der Waals surface area contributed by atoms with Crippen molar-refractivity contribution in [1.82, 2.24) is 15.0 Å². The van der Waals surface area contributed by atoms with Crippen LogP contribution in [0.3, 0.4) is 0 Å². The van der Waals surface area contributed by atoms with Crippen molar-refractivity contribution in [3.63, 3.8) is 0 Å². The standard InChI is InChI=1S/C26H25N5O2.CH5N/c1-3-24(32)30-20-10-18(11-21(14-20)31-8-4-5-9-31)19-12-22-23(16-29-26(22)28-15-19)17-6-7-27-25(13-17)33-2;1-2/h3,6-7,10-16H,1,4-5,8-9H2,2H3,(H,28,29)(H,30,32);2H2,1H3. The lowest BCUT2D eigenvalue weighted by atomic mass is 10.0. The summed E-state index contributed by atoms with van der Waals surface area (Å²) in [5, 5.41) is 3.92. The number of nitrogens with zero attached hydrogens (tertiary/aromatic N) is 3. The van der Waals surface area contributed by atoms with Gasteiger partial charge >= 0.3 is 0 Å². The fourth-order valence-electron chi connectivity index (χ4n) is 4.29. The summed E-state index contributed by atoms with van der Waals surface area (Å²) < 4.78 is 5.29. The molecular formula is C27H30N6O2. The predicted octanol–water partition coefficient (Wildman–Crippen LogP) is 4.60. The van der Waals surface area contributed by atoms with Crippen LogP contribution < -0.4 is 20.7 Å². The number of nitrogens with two attached hydrogens (primary N) is 1. The number of hydrogen-bond donors (Lipinski definition) is 3. The lowest BCUT2D eigenvalue weighted by Crippen LogP contribution is -2.18. The van der Waals surface area contributed by atoms with E-state index in [1.165, 1.54) is 26.0 Å². The number of benzene rings is 1. The van der Waals surface area contributed by atoms with E-state index in [0.29, 0.717) is 5.88 Å². The predicted molar refractivity (Wildman–Crippen MR) is 142 cm³/mol. The van der Waals surface area contributed by atoms with E-state index in [9.17, 15) is 4.79 Å². The van der Waals surface area contributed by atoms with Gasteiger partial charge in [0.05, 0.1) is 7.11 Å². The van der Waals surface area contributed by atoms with Crippen LogP contribution in [0.2, 0.25) is 0 Å². The first-order valence-corrected chi connectivity index (χ1v) is 11.5. The van der Waals surface area contributed by atoms with Gasteiger partial charge in [-0.15, -0.1) is 0 Å². The fraction of sp³-hybridized carbons (Fsp3) is 0.222. The molecule has 0 aliphatic carbocycles. The van der Waals surface area contributed by atoms with Crippen molar-refractivity contribution < 1.29 is 9.53 Å². The molecule has 0 bridgehead atoms. The Hall–Kier alpha value is -4.17. The smallest absolute Gasteiger partial charge is 0.247 e. The van der Waals surface area contributed by atoms with Crippen LogP contribution in [0.1, 0.15) is 12.8 Å². The lowest BCUT2D eigenvalue weighted by molar-refractivity contribution is -0.111. The van der Waals surface area contributed by atoms with E-state index >= 15 is 0 Å². The first-order valence-electron chi connectivity index (χ1n) is 11.5. The van der Waals surface area contributed by atoms with Gasteiger partial charge in [-0.2, -0.15) is 0 Å². The third-order valence-electron chi connectivity index (χ3n) is 5.96. The summed E-state index contributed by atoms with van der Waals surface area (Å²) >= 11 is 0. The van der Waals surface area contributed by atoms with Crippen molar-refractivity contribution in [3.8, 4) is 28.1 Å². The maximum atomic E-state index is 12.0. The van der Waals surface area contributed by atoms with Crippen molar-refractivity contribution in [2.75, 3.05) is 37.5 Å². The first kappa shape index (κ1) is 24.0. The van der Waals surface area contributed by atoms with Crippen LogP contribution in [0.4, 0.5) is 11.4 Å². The van der Waals surface area contributed by atoms with Gasteiger partial charge in [-0.25, -0.2) is 9.97 Å². The van der Waals surface area contributed by atoms with E-state index < -0.39 is 0 Å². The highest BCUT2D eigenvalue weighted by Crippen LogP contribution is 2.35. The van der Waals surface area contributed by atoms with E-state index in [1.807, 2.05) is 36.7 Å². The molecule has 4 heterocycles. The molecule has 1 fully saturated rings. The number of fused-ring (bicyclic) bond motifs is 1. The number of aromatic amines is 1. The Balaban J connectivity index is 0.00000141. The molecule has 0 unspecified atom stereocenters. The number of carbonyl (C=O) groups is 1. The van der Waals surface area contributed by atoms with Gasteiger partial charge in [0.1, 0.15) is 5.65 Å². The van der Waals surface area contributed by atoms with E-state index in [4.69, 9.17) is 4.74 Å². The molecule has 4 aromatic rings. The van der Waals surface area contributed by atoms with Gasteiger partial charge in [-0.3, -0.25) is 4.79 Å². The summed E-state index contributed by atoms with van der Waals surface area (Å²) in [6, 6.07) is 12.2. The van der Waals surface area contributed by atoms with E-state index in [1.54, 1.807) is 13.3 Å². The van der Waals surface area contributed by atoms with Gasteiger partial charge in [0, 0.05) is 65.6 Å². The molecule has 3 aromatic heterocycles. The van der Waals surface area contributed by atoms with E-state index in [2.05, 4.69) is 49.6 Å². The van der Waals surface area contributed by atoms with Crippen LogP contribution in [-0.2, 0) is 4.79 Å². The third kappa shape index (κ3) is 5.17. The van der Waals surface area contributed by atoms with Crippen molar-refractivity contribution in [2.45, 2.75) is 12.8 Å². The number of amides is 1. The zero-order valence-corrected chi connectivity index (χ0v) is 20.0. The zero-order chi connectivity index (χ0) is 24.8. The maximum Gasteiger partial charge on any atom is 0.247 e. The van der Waals surface area contributed by atoms with Crippen LogP contribution >= 0.6 is 0 Å². The molecule has 1 amide bonds. The molecule has 0 saturated carbocycles. The number of H-pyrrole nitrogens is 1.